The SMILES string of the molecule is COc1ccc(/C=C2/N=C(c3ccccc3OC)NC2=O)cc1. The molecule has 0 atom stereocenters. The summed E-state index contributed by atoms with van der Waals surface area (Å²) in [5.74, 6) is 1.69. The van der Waals surface area contributed by atoms with Gasteiger partial charge in [0.25, 0.3) is 5.91 Å². The fraction of sp³-hybridized carbons (Fsp3) is 0.111. The Morgan fingerprint density at radius 1 is 1.00 bits per heavy atom. The molecule has 0 bridgehead atoms. The normalized spacial score (nSPS) is 15.3. The van der Waals surface area contributed by atoms with Crippen LogP contribution < -0.4 is 14.8 Å². The fourth-order valence-electron chi connectivity index (χ4n) is 2.29. The molecular weight excluding hydrogens is 292 g/mol. The summed E-state index contributed by atoms with van der Waals surface area (Å²) in [6.45, 7) is 0. The van der Waals surface area contributed by atoms with E-state index in [4.69, 9.17) is 9.47 Å². The predicted octanol–water partition coefficient (Wildman–Crippen LogP) is 2.62. The van der Waals surface area contributed by atoms with Gasteiger partial charge in [-0.3, -0.25) is 4.79 Å². The van der Waals surface area contributed by atoms with Crippen molar-refractivity contribution >= 4 is 17.8 Å². The molecule has 0 aliphatic carbocycles. The van der Waals surface area contributed by atoms with E-state index < -0.39 is 0 Å². The van der Waals surface area contributed by atoms with Crippen LogP contribution in [-0.4, -0.2) is 26.0 Å². The Balaban J connectivity index is 1.93. The van der Waals surface area contributed by atoms with Crippen LogP contribution in [0, 0.1) is 0 Å². The van der Waals surface area contributed by atoms with E-state index in [2.05, 4.69) is 10.3 Å². The van der Waals surface area contributed by atoms with E-state index in [0.29, 0.717) is 17.3 Å². The van der Waals surface area contributed by atoms with Gasteiger partial charge in [-0.1, -0.05) is 24.3 Å². The molecule has 1 N–H and O–H groups in total. The molecule has 2 aromatic rings. The van der Waals surface area contributed by atoms with E-state index >= 15 is 0 Å². The van der Waals surface area contributed by atoms with Crippen molar-refractivity contribution in [1.82, 2.24) is 5.32 Å². The standard InChI is InChI=1S/C18H16N2O3/c1-22-13-9-7-12(8-10-13)11-15-18(21)20-17(19-15)14-5-3-4-6-16(14)23-2/h3-11H,1-2H3,(H,19,20,21)/b15-11+. The van der Waals surface area contributed by atoms with Gasteiger partial charge in [0.2, 0.25) is 0 Å². The number of carbonyl (C=O) groups is 1. The topological polar surface area (TPSA) is 59.9 Å². The number of nitrogens with one attached hydrogen (secondary N) is 1. The van der Waals surface area contributed by atoms with Gasteiger partial charge in [-0.2, -0.15) is 0 Å². The van der Waals surface area contributed by atoms with Crippen molar-refractivity contribution in [3.05, 3.63) is 65.4 Å². The van der Waals surface area contributed by atoms with E-state index in [9.17, 15) is 4.79 Å². The van der Waals surface area contributed by atoms with E-state index in [1.165, 1.54) is 0 Å². The summed E-state index contributed by atoms with van der Waals surface area (Å²) in [5.41, 5.74) is 1.98. The van der Waals surface area contributed by atoms with Crippen molar-refractivity contribution in [2.45, 2.75) is 0 Å². The third-order valence-corrected chi connectivity index (χ3v) is 3.48. The van der Waals surface area contributed by atoms with Crippen LogP contribution >= 0.6 is 0 Å². The van der Waals surface area contributed by atoms with Crippen LogP contribution in [0.3, 0.4) is 0 Å². The second-order valence-corrected chi connectivity index (χ2v) is 4.92. The van der Waals surface area contributed by atoms with Crippen molar-refractivity contribution in [1.29, 1.82) is 0 Å². The zero-order chi connectivity index (χ0) is 16.2. The molecule has 0 saturated heterocycles. The average Bonchev–Trinajstić information content (AvgIpc) is 2.96. The lowest BCUT2D eigenvalue weighted by atomic mass is 10.2. The zero-order valence-corrected chi connectivity index (χ0v) is 12.9. The van der Waals surface area contributed by atoms with Crippen molar-refractivity contribution in [3.8, 4) is 11.5 Å². The lowest BCUT2D eigenvalue weighted by Crippen LogP contribution is -2.25. The monoisotopic (exact) mass is 308 g/mol. The predicted molar refractivity (Wildman–Crippen MR) is 88.6 cm³/mol. The van der Waals surface area contributed by atoms with Crippen LogP contribution in [0.4, 0.5) is 0 Å². The third-order valence-electron chi connectivity index (χ3n) is 3.48. The van der Waals surface area contributed by atoms with Gasteiger partial charge in [0, 0.05) is 0 Å². The molecule has 3 rings (SSSR count). The Labute approximate surface area is 134 Å². The maximum Gasteiger partial charge on any atom is 0.275 e. The van der Waals surface area contributed by atoms with Gasteiger partial charge < -0.3 is 14.8 Å². The summed E-state index contributed by atoms with van der Waals surface area (Å²) in [5, 5.41) is 2.78. The minimum Gasteiger partial charge on any atom is -0.497 e. The summed E-state index contributed by atoms with van der Waals surface area (Å²) in [4.78, 5) is 16.5. The Kier molecular flexibility index (Phi) is 4.10. The summed E-state index contributed by atoms with van der Waals surface area (Å²) in [6, 6.07) is 14.8. The highest BCUT2D eigenvalue weighted by atomic mass is 16.5. The summed E-state index contributed by atoms with van der Waals surface area (Å²) < 4.78 is 10.4. The Hall–Kier alpha value is -3.08. The third kappa shape index (κ3) is 3.08. The minimum absolute atomic E-state index is 0.235. The second kappa shape index (κ2) is 6.36. The molecule has 2 aromatic carbocycles. The molecule has 1 amide bonds. The number of amides is 1. The highest BCUT2D eigenvalue weighted by molar-refractivity contribution is 6.20. The highest BCUT2D eigenvalue weighted by Gasteiger charge is 2.23. The van der Waals surface area contributed by atoms with E-state index in [1.54, 1.807) is 20.3 Å². The Bertz CT molecular complexity index is 792. The molecule has 23 heavy (non-hydrogen) atoms. The molecule has 1 aliphatic heterocycles. The van der Waals surface area contributed by atoms with Crippen molar-refractivity contribution in [2.75, 3.05) is 14.2 Å². The van der Waals surface area contributed by atoms with Crippen LogP contribution in [0.5, 0.6) is 11.5 Å². The number of aliphatic imine (C=N–C) groups is 1. The quantitative estimate of drug-likeness (QED) is 0.883. The molecule has 5 heteroatoms. The molecule has 1 aliphatic rings. The van der Waals surface area contributed by atoms with Gasteiger partial charge in [-0.25, -0.2) is 4.99 Å². The van der Waals surface area contributed by atoms with Crippen LogP contribution in [0.15, 0.2) is 59.2 Å². The molecule has 0 fully saturated rings. The molecule has 0 spiro atoms. The average molecular weight is 308 g/mol. The molecule has 0 radical (unpaired) electrons. The number of benzene rings is 2. The first-order valence-corrected chi connectivity index (χ1v) is 7.10. The van der Waals surface area contributed by atoms with Gasteiger partial charge in [-0.15, -0.1) is 0 Å². The van der Waals surface area contributed by atoms with Gasteiger partial charge in [-0.05, 0) is 35.9 Å². The molecule has 0 aromatic heterocycles. The van der Waals surface area contributed by atoms with E-state index in [-0.39, 0.29) is 5.91 Å². The zero-order valence-electron chi connectivity index (χ0n) is 12.9. The summed E-state index contributed by atoms with van der Waals surface area (Å²) in [6.07, 6.45) is 1.73. The number of carbonyl (C=O) groups excluding carboxylic acids is 1. The molecule has 1 heterocycles. The number of hydrogen-bond acceptors (Lipinski definition) is 4. The maximum absolute atomic E-state index is 12.1. The number of rotatable bonds is 4. The van der Waals surface area contributed by atoms with Crippen molar-refractivity contribution in [2.24, 2.45) is 4.99 Å². The number of methoxy groups -OCH3 is 2. The maximum atomic E-state index is 12.1. The number of para-hydroxylation sites is 1. The van der Waals surface area contributed by atoms with Crippen LogP contribution in [0.2, 0.25) is 0 Å². The van der Waals surface area contributed by atoms with Gasteiger partial charge >= 0.3 is 0 Å². The molecule has 116 valence electrons. The van der Waals surface area contributed by atoms with E-state index in [0.717, 1.165) is 16.9 Å². The van der Waals surface area contributed by atoms with Crippen LogP contribution in [0.1, 0.15) is 11.1 Å². The minimum atomic E-state index is -0.235. The number of amidine groups is 1. The number of hydrogen-bond donors (Lipinski definition) is 1. The largest absolute Gasteiger partial charge is 0.497 e. The van der Waals surface area contributed by atoms with Crippen LogP contribution in [0.25, 0.3) is 6.08 Å². The first kappa shape index (κ1) is 14.8. The number of nitrogens with zero attached hydrogens (tertiary/aromatic N) is 1. The van der Waals surface area contributed by atoms with Crippen molar-refractivity contribution in [3.63, 3.8) is 0 Å². The molecule has 0 unspecified atom stereocenters. The number of ether oxygens (including phenoxy) is 2. The summed E-state index contributed by atoms with van der Waals surface area (Å²) in [7, 11) is 3.20. The Morgan fingerprint density at radius 2 is 1.74 bits per heavy atom. The first-order chi connectivity index (χ1) is 11.2. The fourth-order valence-corrected chi connectivity index (χ4v) is 2.29. The molecular formula is C18H16N2O3. The highest BCUT2D eigenvalue weighted by Crippen LogP contribution is 2.22. The van der Waals surface area contributed by atoms with Gasteiger partial charge in [0.1, 0.15) is 23.0 Å². The molecule has 0 saturated carbocycles. The smallest absolute Gasteiger partial charge is 0.275 e. The Morgan fingerprint density at radius 3 is 2.43 bits per heavy atom. The van der Waals surface area contributed by atoms with Crippen molar-refractivity contribution < 1.29 is 14.3 Å². The molecule has 5 nitrogen and oxygen atoms in total. The first-order valence-electron chi connectivity index (χ1n) is 7.10. The van der Waals surface area contributed by atoms with Crippen LogP contribution in [-0.2, 0) is 4.79 Å². The lowest BCUT2D eigenvalue weighted by Gasteiger charge is -2.06. The van der Waals surface area contributed by atoms with Gasteiger partial charge in [0.15, 0.2) is 0 Å². The summed E-state index contributed by atoms with van der Waals surface area (Å²) >= 11 is 0. The second-order valence-electron chi connectivity index (χ2n) is 4.92. The van der Waals surface area contributed by atoms with Gasteiger partial charge in [0.05, 0.1) is 19.8 Å². The van der Waals surface area contributed by atoms with E-state index in [1.807, 2.05) is 48.5 Å². The lowest BCUT2D eigenvalue weighted by molar-refractivity contribution is -0.115.